The third-order valence-electron chi connectivity index (χ3n) is 4.25. The van der Waals surface area contributed by atoms with Crippen LogP contribution in [0.2, 0.25) is 0 Å². The quantitative estimate of drug-likeness (QED) is 0.930. The highest BCUT2D eigenvalue weighted by Gasteiger charge is 2.25. The Morgan fingerprint density at radius 3 is 2.75 bits per heavy atom. The van der Waals surface area contributed by atoms with E-state index in [1.54, 1.807) is 0 Å². The molecular formula is C16H21N3O. The lowest BCUT2D eigenvalue weighted by Crippen LogP contribution is -2.20. The van der Waals surface area contributed by atoms with Gasteiger partial charge < -0.3 is 10.3 Å². The molecule has 4 nitrogen and oxygen atoms in total. The molecule has 1 aliphatic carbocycles. The van der Waals surface area contributed by atoms with E-state index in [9.17, 15) is 0 Å². The Hall–Kier alpha value is -1.68. The molecule has 0 radical (unpaired) electrons. The summed E-state index contributed by atoms with van der Waals surface area (Å²) in [6.07, 6.45) is 4.56. The van der Waals surface area contributed by atoms with Gasteiger partial charge in [-0.2, -0.15) is 4.98 Å². The van der Waals surface area contributed by atoms with E-state index in [0.717, 1.165) is 30.8 Å². The van der Waals surface area contributed by atoms with Crippen molar-refractivity contribution in [1.82, 2.24) is 10.1 Å². The maximum absolute atomic E-state index is 5.73. The Morgan fingerprint density at radius 2 is 2.05 bits per heavy atom. The van der Waals surface area contributed by atoms with Gasteiger partial charge in [0.15, 0.2) is 0 Å². The lowest BCUT2D eigenvalue weighted by molar-refractivity contribution is 0.275. The molecule has 106 valence electrons. The van der Waals surface area contributed by atoms with Crippen LogP contribution >= 0.6 is 0 Å². The molecule has 20 heavy (non-hydrogen) atoms. The van der Waals surface area contributed by atoms with E-state index in [0.29, 0.717) is 17.7 Å². The third-order valence-corrected chi connectivity index (χ3v) is 4.25. The summed E-state index contributed by atoms with van der Waals surface area (Å²) in [5.74, 6) is 2.57. The van der Waals surface area contributed by atoms with E-state index in [2.05, 4.69) is 29.2 Å². The molecule has 0 aliphatic heterocycles. The van der Waals surface area contributed by atoms with Crippen LogP contribution in [-0.2, 0) is 0 Å². The zero-order chi connectivity index (χ0) is 13.9. The molecule has 1 aromatic heterocycles. The second kappa shape index (κ2) is 5.75. The van der Waals surface area contributed by atoms with Gasteiger partial charge in [-0.25, -0.2) is 0 Å². The molecule has 0 spiro atoms. The van der Waals surface area contributed by atoms with Crippen LogP contribution in [0.15, 0.2) is 28.8 Å². The smallest absolute Gasteiger partial charge is 0.230 e. The van der Waals surface area contributed by atoms with Crippen molar-refractivity contribution in [2.75, 3.05) is 6.54 Å². The van der Waals surface area contributed by atoms with Crippen LogP contribution in [0.4, 0.5) is 0 Å². The summed E-state index contributed by atoms with van der Waals surface area (Å²) in [5, 5.41) is 4.13. The zero-order valence-corrected chi connectivity index (χ0v) is 11.9. The van der Waals surface area contributed by atoms with Crippen LogP contribution in [0.5, 0.6) is 0 Å². The maximum Gasteiger partial charge on any atom is 0.230 e. The Kier molecular flexibility index (Phi) is 3.83. The Labute approximate surface area is 119 Å². The van der Waals surface area contributed by atoms with Crippen molar-refractivity contribution < 1.29 is 4.52 Å². The fourth-order valence-corrected chi connectivity index (χ4v) is 2.95. The number of hydrogen-bond acceptors (Lipinski definition) is 4. The van der Waals surface area contributed by atoms with Crippen LogP contribution in [-0.4, -0.2) is 16.7 Å². The van der Waals surface area contributed by atoms with Crippen molar-refractivity contribution in [1.29, 1.82) is 0 Å². The number of nitrogens with zero attached hydrogens (tertiary/aromatic N) is 2. The summed E-state index contributed by atoms with van der Waals surface area (Å²) in [6.45, 7) is 2.86. The van der Waals surface area contributed by atoms with Gasteiger partial charge in [0.05, 0.1) is 0 Å². The highest BCUT2D eigenvalue weighted by molar-refractivity contribution is 5.55. The van der Waals surface area contributed by atoms with Crippen molar-refractivity contribution >= 4 is 0 Å². The van der Waals surface area contributed by atoms with Crippen LogP contribution < -0.4 is 5.73 Å². The molecule has 3 rings (SSSR count). The molecule has 0 unspecified atom stereocenters. The van der Waals surface area contributed by atoms with Crippen LogP contribution in [0.3, 0.4) is 0 Å². The molecule has 1 aliphatic rings. The number of hydrogen-bond donors (Lipinski definition) is 1. The van der Waals surface area contributed by atoms with Gasteiger partial charge in [-0.15, -0.1) is 0 Å². The Morgan fingerprint density at radius 1 is 1.25 bits per heavy atom. The predicted molar refractivity (Wildman–Crippen MR) is 78.2 cm³/mol. The normalized spacial score (nSPS) is 22.9. The largest absolute Gasteiger partial charge is 0.339 e. The topological polar surface area (TPSA) is 64.9 Å². The molecule has 0 bridgehead atoms. The molecule has 0 atom stereocenters. The first-order chi connectivity index (χ1) is 9.76. The van der Waals surface area contributed by atoms with Gasteiger partial charge >= 0.3 is 0 Å². The van der Waals surface area contributed by atoms with Gasteiger partial charge in [-0.1, -0.05) is 28.9 Å². The second-order valence-corrected chi connectivity index (χ2v) is 5.78. The summed E-state index contributed by atoms with van der Waals surface area (Å²) in [6, 6.07) is 8.19. The summed E-state index contributed by atoms with van der Waals surface area (Å²) in [7, 11) is 0. The van der Waals surface area contributed by atoms with Crippen molar-refractivity contribution in [2.45, 2.75) is 38.5 Å². The molecule has 1 fully saturated rings. The number of benzene rings is 1. The number of aromatic nitrogens is 2. The van der Waals surface area contributed by atoms with Crippen LogP contribution in [0.25, 0.3) is 11.4 Å². The number of aryl methyl sites for hydroxylation is 1. The van der Waals surface area contributed by atoms with Crippen molar-refractivity contribution in [3.8, 4) is 11.4 Å². The van der Waals surface area contributed by atoms with Gasteiger partial charge in [0.2, 0.25) is 11.7 Å². The molecule has 0 saturated heterocycles. The van der Waals surface area contributed by atoms with Crippen LogP contribution in [0.1, 0.15) is 43.1 Å². The lowest BCUT2D eigenvalue weighted by atomic mass is 9.82. The number of rotatable bonds is 3. The van der Waals surface area contributed by atoms with E-state index in [-0.39, 0.29) is 0 Å². The Bertz CT molecular complexity index is 571. The summed E-state index contributed by atoms with van der Waals surface area (Å²) in [4.78, 5) is 4.59. The monoisotopic (exact) mass is 271 g/mol. The third kappa shape index (κ3) is 2.75. The molecule has 2 aromatic rings. The first-order valence-corrected chi connectivity index (χ1v) is 7.37. The number of nitrogens with two attached hydrogens (primary N) is 1. The highest BCUT2D eigenvalue weighted by atomic mass is 16.5. The highest BCUT2D eigenvalue weighted by Crippen LogP contribution is 2.35. The maximum atomic E-state index is 5.73. The molecule has 1 heterocycles. The van der Waals surface area contributed by atoms with Gasteiger partial charge in [0.25, 0.3) is 0 Å². The van der Waals surface area contributed by atoms with Crippen molar-refractivity contribution in [3.63, 3.8) is 0 Å². The fourth-order valence-electron chi connectivity index (χ4n) is 2.95. The molecule has 1 saturated carbocycles. The zero-order valence-electron chi connectivity index (χ0n) is 11.9. The van der Waals surface area contributed by atoms with Crippen LogP contribution in [0, 0.1) is 12.8 Å². The average molecular weight is 271 g/mol. The lowest BCUT2D eigenvalue weighted by Gasteiger charge is -2.24. The van der Waals surface area contributed by atoms with Crippen molar-refractivity contribution in [3.05, 3.63) is 35.7 Å². The van der Waals surface area contributed by atoms with Crippen molar-refractivity contribution in [2.24, 2.45) is 11.7 Å². The van der Waals surface area contributed by atoms with Gasteiger partial charge in [-0.3, -0.25) is 0 Å². The van der Waals surface area contributed by atoms with Gasteiger partial charge in [-0.05, 0) is 51.1 Å². The summed E-state index contributed by atoms with van der Waals surface area (Å²) >= 11 is 0. The minimum atomic E-state index is 0.406. The SMILES string of the molecule is Cc1cccc(-c2noc(C3CCC(CN)CC3)n2)c1. The van der Waals surface area contributed by atoms with E-state index >= 15 is 0 Å². The molecular weight excluding hydrogens is 250 g/mol. The molecule has 1 aromatic carbocycles. The molecule has 2 N–H and O–H groups in total. The van der Waals surface area contributed by atoms with E-state index in [1.165, 1.54) is 18.4 Å². The van der Waals surface area contributed by atoms with E-state index in [4.69, 9.17) is 10.3 Å². The Balaban J connectivity index is 1.74. The minimum Gasteiger partial charge on any atom is -0.339 e. The summed E-state index contributed by atoms with van der Waals surface area (Å²) in [5.41, 5.74) is 7.96. The van der Waals surface area contributed by atoms with Gasteiger partial charge in [0, 0.05) is 11.5 Å². The second-order valence-electron chi connectivity index (χ2n) is 5.78. The predicted octanol–water partition coefficient (Wildman–Crippen LogP) is 3.28. The first-order valence-electron chi connectivity index (χ1n) is 7.37. The summed E-state index contributed by atoms with van der Waals surface area (Å²) < 4.78 is 5.47. The fraction of sp³-hybridized carbons (Fsp3) is 0.500. The molecule has 0 amide bonds. The minimum absolute atomic E-state index is 0.406. The van der Waals surface area contributed by atoms with Gasteiger partial charge in [0.1, 0.15) is 0 Å². The van der Waals surface area contributed by atoms with E-state index in [1.807, 2.05) is 12.1 Å². The first kappa shape index (κ1) is 13.3. The molecule has 4 heteroatoms. The average Bonchev–Trinajstić information content (AvgIpc) is 2.97. The standard InChI is InChI=1S/C16H21N3O/c1-11-3-2-4-14(9-11)15-18-16(20-19-15)13-7-5-12(10-17)6-8-13/h2-4,9,12-13H,5-8,10,17H2,1H3. The van der Waals surface area contributed by atoms with E-state index < -0.39 is 0 Å².